The van der Waals surface area contributed by atoms with E-state index in [1.807, 2.05) is 0 Å². The van der Waals surface area contributed by atoms with Crippen molar-refractivity contribution in [3.05, 3.63) is 35.4 Å². The fourth-order valence-corrected chi connectivity index (χ4v) is 1.88. The molecule has 1 amide bonds. The normalized spacial score (nSPS) is 11.7. The van der Waals surface area contributed by atoms with Gasteiger partial charge in [0.05, 0.1) is 0 Å². The van der Waals surface area contributed by atoms with Crippen LogP contribution in [0.25, 0.3) is 0 Å². The molecule has 7 heteroatoms. The molecule has 0 aliphatic rings. The Kier molecular flexibility index (Phi) is 6.35. The van der Waals surface area contributed by atoms with Gasteiger partial charge in [-0.25, -0.2) is 4.79 Å². The van der Waals surface area contributed by atoms with Crippen LogP contribution in [0.5, 0.6) is 0 Å². The molecule has 0 aliphatic heterocycles. The second-order valence-corrected chi connectivity index (χ2v) is 4.49. The van der Waals surface area contributed by atoms with E-state index in [1.165, 1.54) is 0 Å². The van der Waals surface area contributed by atoms with Gasteiger partial charge in [0.1, 0.15) is 6.04 Å². The van der Waals surface area contributed by atoms with E-state index in [0.717, 1.165) is 5.56 Å². The summed E-state index contributed by atoms with van der Waals surface area (Å²) in [6.45, 7) is 0.367. The van der Waals surface area contributed by atoms with Crippen molar-refractivity contribution in [1.82, 2.24) is 5.32 Å². The van der Waals surface area contributed by atoms with Gasteiger partial charge in [-0.3, -0.25) is 9.59 Å². The van der Waals surface area contributed by atoms with Crippen LogP contribution in [0.3, 0.4) is 0 Å². The number of carboxylic acid groups (broad SMARTS) is 2. The first-order valence-electron chi connectivity index (χ1n) is 6.49. The molecule has 0 aliphatic carbocycles. The molecule has 0 saturated carbocycles. The van der Waals surface area contributed by atoms with Crippen molar-refractivity contribution in [3.8, 4) is 0 Å². The molecule has 1 atom stereocenters. The lowest BCUT2D eigenvalue weighted by molar-refractivity contribution is -0.140. The van der Waals surface area contributed by atoms with Gasteiger partial charge < -0.3 is 21.3 Å². The van der Waals surface area contributed by atoms with Crippen molar-refractivity contribution in [2.75, 3.05) is 6.54 Å². The van der Waals surface area contributed by atoms with E-state index in [-0.39, 0.29) is 12.8 Å². The van der Waals surface area contributed by atoms with E-state index < -0.39 is 23.9 Å². The fourth-order valence-electron chi connectivity index (χ4n) is 1.88. The van der Waals surface area contributed by atoms with Crippen LogP contribution in [0, 0.1) is 0 Å². The highest BCUT2D eigenvalue weighted by Crippen LogP contribution is 2.10. The molecule has 0 bridgehead atoms. The Morgan fingerprint density at radius 2 is 1.86 bits per heavy atom. The summed E-state index contributed by atoms with van der Waals surface area (Å²) in [5, 5.41) is 20.0. The van der Waals surface area contributed by atoms with Crippen molar-refractivity contribution in [2.45, 2.75) is 25.3 Å². The van der Waals surface area contributed by atoms with Crippen LogP contribution in [-0.2, 0) is 16.0 Å². The van der Waals surface area contributed by atoms with Gasteiger partial charge in [-0.2, -0.15) is 0 Å². The molecule has 0 saturated heterocycles. The lowest BCUT2D eigenvalue weighted by Crippen LogP contribution is -2.41. The summed E-state index contributed by atoms with van der Waals surface area (Å²) in [6.07, 6.45) is -0.00634. The van der Waals surface area contributed by atoms with E-state index in [2.05, 4.69) is 5.32 Å². The Balaban J connectivity index is 2.82. The Bertz CT molecular complexity index is 530. The average molecular weight is 294 g/mol. The molecular weight excluding hydrogens is 276 g/mol. The number of benzene rings is 1. The van der Waals surface area contributed by atoms with Gasteiger partial charge in [0.25, 0.3) is 5.91 Å². The summed E-state index contributed by atoms with van der Waals surface area (Å²) in [7, 11) is 0. The third kappa shape index (κ3) is 5.23. The average Bonchev–Trinajstić information content (AvgIpc) is 2.43. The summed E-state index contributed by atoms with van der Waals surface area (Å²) in [4.78, 5) is 33.7. The molecular formula is C14H18N2O5. The molecule has 0 radical (unpaired) electrons. The number of hydrogen-bond acceptors (Lipinski definition) is 4. The molecule has 7 nitrogen and oxygen atoms in total. The summed E-state index contributed by atoms with van der Waals surface area (Å²) >= 11 is 0. The predicted molar refractivity (Wildman–Crippen MR) is 75.0 cm³/mol. The molecule has 1 rings (SSSR count). The number of aliphatic carboxylic acids is 2. The molecule has 21 heavy (non-hydrogen) atoms. The van der Waals surface area contributed by atoms with Crippen molar-refractivity contribution in [2.24, 2.45) is 5.73 Å². The number of hydrogen-bond donors (Lipinski definition) is 4. The first-order chi connectivity index (χ1) is 9.95. The smallest absolute Gasteiger partial charge is 0.326 e. The van der Waals surface area contributed by atoms with Crippen molar-refractivity contribution < 1.29 is 24.6 Å². The highest BCUT2D eigenvalue weighted by molar-refractivity contribution is 5.97. The van der Waals surface area contributed by atoms with Crippen LogP contribution in [0.15, 0.2) is 24.3 Å². The van der Waals surface area contributed by atoms with Gasteiger partial charge in [-0.05, 0) is 31.0 Å². The predicted octanol–water partition coefficient (Wildman–Crippen LogP) is 0.236. The standard InChI is InChI=1S/C14H18N2O5/c15-8-7-9-3-1-2-4-10(9)13(19)16-11(14(20)21)5-6-12(17)18/h1-4,11H,5-8,15H2,(H,16,19)(H,17,18)(H,20,21). The van der Waals surface area contributed by atoms with Crippen LogP contribution >= 0.6 is 0 Å². The summed E-state index contributed by atoms with van der Waals surface area (Å²) in [5.41, 5.74) is 6.54. The number of nitrogens with one attached hydrogen (secondary N) is 1. The van der Waals surface area contributed by atoms with Gasteiger partial charge in [0.15, 0.2) is 0 Å². The fraction of sp³-hybridized carbons (Fsp3) is 0.357. The number of carboxylic acids is 2. The minimum Gasteiger partial charge on any atom is -0.481 e. The van der Waals surface area contributed by atoms with E-state index in [9.17, 15) is 14.4 Å². The zero-order valence-electron chi connectivity index (χ0n) is 11.4. The SMILES string of the molecule is NCCc1ccccc1C(=O)NC(CCC(=O)O)C(=O)O. The third-order valence-electron chi connectivity index (χ3n) is 2.93. The third-order valence-corrected chi connectivity index (χ3v) is 2.93. The maximum absolute atomic E-state index is 12.1. The number of carbonyl (C=O) groups excluding carboxylic acids is 1. The highest BCUT2D eigenvalue weighted by Gasteiger charge is 2.22. The van der Waals surface area contributed by atoms with E-state index >= 15 is 0 Å². The monoisotopic (exact) mass is 294 g/mol. The first kappa shape index (κ1) is 16.6. The van der Waals surface area contributed by atoms with Gasteiger partial charge in [-0.15, -0.1) is 0 Å². The van der Waals surface area contributed by atoms with Crippen LogP contribution < -0.4 is 11.1 Å². The number of nitrogens with two attached hydrogens (primary N) is 1. The molecule has 5 N–H and O–H groups in total. The molecule has 1 aromatic rings. The largest absolute Gasteiger partial charge is 0.481 e. The van der Waals surface area contributed by atoms with Crippen molar-refractivity contribution >= 4 is 17.8 Å². The molecule has 1 aromatic carbocycles. The minimum atomic E-state index is -1.26. The molecule has 0 heterocycles. The van der Waals surface area contributed by atoms with Gasteiger partial charge in [0.2, 0.25) is 0 Å². The van der Waals surface area contributed by atoms with Gasteiger partial charge in [0, 0.05) is 12.0 Å². The Labute approximate surface area is 121 Å². The van der Waals surface area contributed by atoms with Crippen LogP contribution in [0.2, 0.25) is 0 Å². The Morgan fingerprint density at radius 3 is 2.43 bits per heavy atom. The van der Waals surface area contributed by atoms with E-state index in [0.29, 0.717) is 18.5 Å². The number of amides is 1. The van der Waals surface area contributed by atoms with E-state index in [4.69, 9.17) is 15.9 Å². The number of carbonyl (C=O) groups is 3. The highest BCUT2D eigenvalue weighted by atomic mass is 16.4. The van der Waals surface area contributed by atoms with Crippen molar-refractivity contribution in [1.29, 1.82) is 0 Å². The molecule has 0 spiro atoms. The maximum atomic E-state index is 12.1. The minimum absolute atomic E-state index is 0.171. The van der Waals surface area contributed by atoms with Crippen LogP contribution in [-0.4, -0.2) is 40.6 Å². The topological polar surface area (TPSA) is 130 Å². The summed E-state index contributed by atoms with van der Waals surface area (Å²) in [6, 6.07) is 5.52. The summed E-state index contributed by atoms with van der Waals surface area (Å²) in [5.74, 6) is -2.92. The molecule has 0 aromatic heterocycles. The molecule has 114 valence electrons. The first-order valence-corrected chi connectivity index (χ1v) is 6.49. The molecule has 1 unspecified atom stereocenters. The van der Waals surface area contributed by atoms with Gasteiger partial charge >= 0.3 is 11.9 Å². The van der Waals surface area contributed by atoms with Gasteiger partial charge in [-0.1, -0.05) is 18.2 Å². The van der Waals surface area contributed by atoms with Crippen LogP contribution in [0.1, 0.15) is 28.8 Å². The quantitative estimate of drug-likeness (QED) is 0.543. The van der Waals surface area contributed by atoms with Crippen molar-refractivity contribution in [3.63, 3.8) is 0 Å². The zero-order chi connectivity index (χ0) is 15.8. The Hall–Kier alpha value is -2.41. The Morgan fingerprint density at radius 1 is 1.19 bits per heavy atom. The maximum Gasteiger partial charge on any atom is 0.326 e. The second-order valence-electron chi connectivity index (χ2n) is 4.49. The zero-order valence-corrected chi connectivity index (χ0v) is 11.4. The second kappa shape index (κ2) is 8.01. The lowest BCUT2D eigenvalue weighted by Gasteiger charge is -2.15. The number of rotatable bonds is 8. The summed E-state index contributed by atoms with van der Waals surface area (Å²) < 4.78 is 0. The lowest BCUT2D eigenvalue weighted by atomic mass is 10.0. The molecule has 0 fully saturated rings. The van der Waals surface area contributed by atoms with Crippen LogP contribution in [0.4, 0.5) is 0 Å². The van der Waals surface area contributed by atoms with E-state index in [1.54, 1.807) is 24.3 Å².